The molecule has 44 heavy (non-hydrogen) atoms. The molecular weight excluding hydrogens is 592 g/mol. The molecule has 2 aliphatic carbocycles. The summed E-state index contributed by atoms with van der Waals surface area (Å²) in [5, 5.41) is 3.74. The molecule has 5 heterocycles. The van der Waals surface area contributed by atoms with Crippen molar-refractivity contribution in [3.05, 3.63) is 71.3 Å². The SMILES string of the molecule is CC(C)(C)[Si](C)(C)O[C@H]1C[C@H](c2cn3cc(C4CC4)cnc3n2)N(c2cc(NC(=O)C3CC3c3cc(Cl)ccn3)ncn2)C1. The van der Waals surface area contributed by atoms with Crippen molar-refractivity contribution in [1.29, 1.82) is 0 Å². The minimum absolute atomic E-state index is 0.0195. The van der Waals surface area contributed by atoms with E-state index in [4.69, 9.17) is 21.0 Å². The molecule has 4 aromatic rings. The molecular formula is C32H39ClN8O2Si. The number of carbonyl (C=O) groups excluding carboxylic acids is 1. The fourth-order valence-corrected chi connectivity index (χ4v) is 7.47. The van der Waals surface area contributed by atoms with Crippen molar-refractivity contribution >= 4 is 43.2 Å². The molecule has 0 bridgehead atoms. The van der Waals surface area contributed by atoms with Crippen LogP contribution in [-0.4, -0.2) is 56.2 Å². The second-order valence-corrected chi connectivity index (χ2v) is 19.2. The first-order valence-corrected chi connectivity index (χ1v) is 18.8. The Hall–Kier alpha value is -3.41. The summed E-state index contributed by atoms with van der Waals surface area (Å²) < 4.78 is 8.97. The maximum atomic E-state index is 13.2. The van der Waals surface area contributed by atoms with Crippen molar-refractivity contribution in [2.45, 2.75) is 88.6 Å². The van der Waals surface area contributed by atoms with E-state index in [9.17, 15) is 4.79 Å². The number of aromatic nitrogens is 6. The summed E-state index contributed by atoms with van der Waals surface area (Å²) in [6, 6.07) is 5.37. The molecule has 230 valence electrons. The van der Waals surface area contributed by atoms with Crippen molar-refractivity contribution < 1.29 is 9.22 Å². The van der Waals surface area contributed by atoms with E-state index in [2.05, 4.69) is 80.8 Å². The van der Waals surface area contributed by atoms with Crippen LogP contribution in [0.15, 0.2) is 49.3 Å². The molecule has 1 amide bonds. The first kappa shape index (κ1) is 29.3. The molecule has 10 nitrogen and oxygen atoms in total. The molecule has 4 atom stereocenters. The summed E-state index contributed by atoms with van der Waals surface area (Å²) in [4.78, 5) is 38.5. The van der Waals surface area contributed by atoms with Crippen LogP contribution in [0.2, 0.25) is 23.2 Å². The minimum Gasteiger partial charge on any atom is -0.412 e. The zero-order chi connectivity index (χ0) is 30.8. The lowest BCUT2D eigenvalue weighted by atomic mass is 10.1. The van der Waals surface area contributed by atoms with Gasteiger partial charge in [0.25, 0.3) is 0 Å². The van der Waals surface area contributed by atoms with Gasteiger partial charge in [-0.15, -0.1) is 0 Å². The predicted molar refractivity (Wildman–Crippen MR) is 172 cm³/mol. The molecule has 1 aliphatic heterocycles. The van der Waals surface area contributed by atoms with E-state index in [1.165, 1.54) is 24.7 Å². The molecule has 1 saturated heterocycles. The highest BCUT2D eigenvalue weighted by Gasteiger charge is 2.46. The molecule has 3 fully saturated rings. The summed E-state index contributed by atoms with van der Waals surface area (Å²) >= 11 is 6.14. The van der Waals surface area contributed by atoms with Crippen LogP contribution in [0.4, 0.5) is 11.6 Å². The number of imidazole rings is 1. The van der Waals surface area contributed by atoms with Gasteiger partial charge in [-0.2, -0.15) is 0 Å². The lowest BCUT2D eigenvalue weighted by Gasteiger charge is -2.38. The average molecular weight is 631 g/mol. The summed E-state index contributed by atoms with van der Waals surface area (Å²) in [6.45, 7) is 12.0. The first-order valence-electron chi connectivity index (χ1n) is 15.5. The number of fused-ring (bicyclic) bond motifs is 1. The molecule has 3 aliphatic rings. The standard InChI is InChI=1S/C32H39ClN8O2Si/c1-32(2,3)44(4,5)43-22-11-27(26-17-40-15-20(19-6-7-19)14-35-31(40)38-26)41(16-22)29-13-28(36-18-37-29)39-30(42)24-12-23(24)25-10-21(33)8-9-34-25/h8-10,13-15,17-19,22-24,27H,6-7,11-12,16H2,1-5H3,(H,36,37,39,42)/t22-,23?,24?,27+/m0/s1. The van der Waals surface area contributed by atoms with E-state index in [1.807, 2.05) is 18.3 Å². The summed E-state index contributed by atoms with van der Waals surface area (Å²) in [7, 11) is -2.02. The Labute approximate surface area is 263 Å². The zero-order valence-corrected chi connectivity index (χ0v) is 27.6. The molecule has 1 N–H and O–H groups in total. The highest BCUT2D eigenvalue weighted by atomic mass is 35.5. The van der Waals surface area contributed by atoms with Crippen LogP contribution in [0.3, 0.4) is 0 Å². The summed E-state index contributed by atoms with van der Waals surface area (Å²) in [5.74, 6) is 2.35. The van der Waals surface area contributed by atoms with Crippen molar-refractivity contribution in [3.63, 3.8) is 0 Å². The van der Waals surface area contributed by atoms with Crippen molar-refractivity contribution in [1.82, 2.24) is 29.3 Å². The van der Waals surface area contributed by atoms with Crippen molar-refractivity contribution in [3.8, 4) is 0 Å². The highest BCUT2D eigenvalue weighted by Crippen LogP contribution is 2.48. The van der Waals surface area contributed by atoms with Crippen LogP contribution in [0.25, 0.3) is 5.78 Å². The number of nitrogens with one attached hydrogen (secondary N) is 1. The van der Waals surface area contributed by atoms with Gasteiger partial charge in [-0.1, -0.05) is 32.4 Å². The number of rotatable bonds is 8. The van der Waals surface area contributed by atoms with E-state index in [0.717, 1.165) is 30.0 Å². The first-order chi connectivity index (χ1) is 20.9. The monoisotopic (exact) mass is 630 g/mol. The van der Waals surface area contributed by atoms with E-state index in [0.29, 0.717) is 29.1 Å². The third-order valence-electron chi connectivity index (χ3n) is 9.72. The third-order valence-corrected chi connectivity index (χ3v) is 14.5. The van der Waals surface area contributed by atoms with Gasteiger partial charge in [0.05, 0.1) is 17.8 Å². The minimum atomic E-state index is -2.02. The topological polar surface area (TPSA) is 110 Å². The maximum Gasteiger partial charge on any atom is 0.234 e. The molecule has 4 aromatic heterocycles. The van der Waals surface area contributed by atoms with Gasteiger partial charge >= 0.3 is 0 Å². The van der Waals surface area contributed by atoms with Gasteiger partial charge in [-0.05, 0) is 61.0 Å². The van der Waals surface area contributed by atoms with E-state index in [1.54, 1.807) is 12.3 Å². The fraction of sp³-hybridized carbons (Fsp3) is 0.500. The highest BCUT2D eigenvalue weighted by molar-refractivity contribution is 6.74. The molecule has 2 unspecified atom stereocenters. The smallest absolute Gasteiger partial charge is 0.234 e. The van der Waals surface area contributed by atoms with Crippen LogP contribution in [0, 0.1) is 5.92 Å². The molecule has 2 saturated carbocycles. The number of halogens is 1. The lowest BCUT2D eigenvalue weighted by Crippen LogP contribution is -2.44. The number of carbonyl (C=O) groups is 1. The molecule has 0 radical (unpaired) electrons. The van der Waals surface area contributed by atoms with Gasteiger partial charge in [-0.25, -0.2) is 19.9 Å². The Morgan fingerprint density at radius 1 is 1.07 bits per heavy atom. The van der Waals surface area contributed by atoms with E-state index < -0.39 is 8.32 Å². The van der Waals surface area contributed by atoms with Crippen molar-refractivity contribution in [2.24, 2.45) is 5.92 Å². The van der Waals surface area contributed by atoms with Crippen LogP contribution >= 0.6 is 11.6 Å². The van der Waals surface area contributed by atoms with Crippen molar-refractivity contribution in [2.75, 3.05) is 16.8 Å². The Balaban J connectivity index is 1.14. The van der Waals surface area contributed by atoms with E-state index in [-0.39, 0.29) is 34.9 Å². The average Bonchev–Trinajstić information content (AvgIpc) is 3.89. The second-order valence-electron chi connectivity index (χ2n) is 14.0. The van der Waals surface area contributed by atoms with Crippen LogP contribution in [0.5, 0.6) is 0 Å². The number of hydrogen-bond donors (Lipinski definition) is 1. The van der Waals surface area contributed by atoms with Gasteiger partial charge in [0.2, 0.25) is 11.7 Å². The number of hydrogen-bond acceptors (Lipinski definition) is 8. The predicted octanol–water partition coefficient (Wildman–Crippen LogP) is 6.53. The third kappa shape index (κ3) is 5.84. The number of nitrogens with zero attached hydrogens (tertiary/aromatic N) is 7. The molecule has 0 spiro atoms. The van der Waals surface area contributed by atoms with Gasteiger partial charge in [0, 0.05) is 66.4 Å². The number of pyridine rings is 1. The zero-order valence-electron chi connectivity index (χ0n) is 25.9. The van der Waals surface area contributed by atoms with Gasteiger partial charge in [-0.3, -0.25) is 14.2 Å². The van der Waals surface area contributed by atoms with Gasteiger partial charge < -0.3 is 14.6 Å². The number of amides is 1. The largest absolute Gasteiger partial charge is 0.412 e. The van der Waals surface area contributed by atoms with Crippen LogP contribution in [-0.2, 0) is 9.22 Å². The van der Waals surface area contributed by atoms with E-state index >= 15 is 0 Å². The van der Waals surface area contributed by atoms with Crippen LogP contribution in [0.1, 0.15) is 81.3 Å². The molecule has 7 rings (SSSR count). The summed E-state index contributed by atoms with van der Waals surface area (Å²) in [6.07, 6.45) is 13.4. The Morgan fingerprint density at radius 3 is 2.64 bits per heavy atom. The quantitative estimate of drug-likeness (QED) is 0.219. The summed E-state index contributed by atoms with van der Waals surface area (Å²) in [5.41, 5.74) is 3.05. The molecule has 12 heteroatoms. The van der Waals surface area contributed by atoms with Gasteiger partial charge in [0.15, 0.2) is 8.32 Å². The Bertz CT molecular complexity index is 1720. The van der Waals surface area contributed by atoms with Gasteiger partial charge in [0.1, 0.15) is 18.0 Å². The Kier molecular flexibility index (Phi) is 7.25. The normalized spacial score (nSPS) is 23.7. The second kappa shape index (κ2) is 10.9. The van der Waals surface area contributed by atoms with Crippen LogP contribution < -0.4 is 10.2 Å². The Morgan fingerprint density at radius 2 is 1.89 bits per heavy atom. The fourth-order valence-electron chi connectivity index (χ4n) is 5.94. The number of anilines is 2. The lowest BCUT2D eigenvalue weighted by molar-refractivity contribution is -0.117. The molecule has 0 aromatic carbocycles. The maximum absolute atomic E-state index is 13.2.